The van der Waals surface area contributed by atoms with Crippen LogP contribution in [-0.2, 0) is 4.74 Å². The Morgan fingerprint density at radius 3 is 3.00 bits per heavy atom. The molecule has 0 saturated carbocycles. The van der Waals surface area contributed by atoms with Gasteiger partial charge < -0.3 is 10.5 Å². The van der Waals surface area contributed by atoms with E-state index >= 15 is 0 Å². The van der Waals surface area contributed by atoms with Crippen molar-refractivity contribution in [2.75, 3.05) is 12.3 Å². The Kier molecular flexibility index (Phi) is 2.93. The molecule has 0 aliphatic rings. The molecular formula is C11H12ClN3O2. The number of carbonyl (C=O) groups is 1. The first kappa shape index (κ1) is 11.7. The van der Waals surface area contributed by atoms with Gasteiger partial charge in [0.25, 0.3) is 0 Å². The van der Waals surface area contributed by atoms with Gasteiger partial charge in [0.1, 0.15) is 5.82 Å². The minimum Gasteiger partial charge on any atom is -0.461 e. The third-order valence-electron chi connectivity index (χ3n) is 2.32. The molecule has 0 amide bonds. The lowest BCUT2D eigenvalue weighted by Gasteiger charge is -2.00. The van der Waals surface area contributed by atoms with E-state index < -0.39 is 5.97 Å². The molecule has 0 radical (unpaired) electrons. The van der Waals surface area contributed by atoms with Crippen LogP contribution in [-0.4, -0.2) is 22.0 Å². The van der Waals surface area contributed by atoms with Gasteiger partial charge in [0.05, 0.1) is 11.6 Å². The fourth-order valence-corrected chi connectivity index (χ4v) is 1.90. The summed E-state index contributed by atoms with van der Waals surface area (Å²) in [6.45, 7) is 3.88. The van der Waals surface area contributed by atoms with E-state index in [1.165, 1.54) is 0 Å². The number of fused-ring (bicyclic) bond motifs is 1. The molecule has 6 heteroatoms. The molecular weight excluding hydrogens is 242 g/mol. The van der Waals surface area contributed by atoms with Crippen molar-refractivity contribution in [1.29, 1.82) is 0 Å². The van der Waals surface area contributed by atoms with Crippen LogP contribution in [0.2, 0.25) is 5.02 Å². The van der Waals surface area contributed by atoms with Crippen LogP contribution in [0.5, 0.6) is 0 Å². The van der Waals surface area contributed by atoms with Crippen molar-refractivity contribution in [3.05, 3.63) is 28.5 Å². The summed E-state index contributed by atoms with van der Waals surface area (Å²) in [6, 6.07) is 1.76. The van der Waals surface area contributed by atoms with E-state index in [2.05, 4.69) is 4.98 Å². The first-order valence-corrected chi connectivity index (χ1v) is 5.53. The summed E-state index contributed by atoms with van der Waals surface area (Å²) < 4.78 is 6.46. The molecule has 0 unspecified atom stereocenters. The van der Waals surface area contributed by atoms with Crippen LogP contribution in [0.25, 0.3) is 5.65 Å². The van der Waals surface area contributed by atoms with E-state index in [-0.39, 0.29) is 18.1 Å². The van der Waals surface area contributed by atoms with Crippen molar-refractivity contribution >= 4 is 29.0 Å². The molecule has 17 heavy (non-hydrogen) atoms. The molecule has 2 heterocycles. The Morgan fingerprint density at radius 2 is 2.35 bits per heavy atom. The molecule has 0 aliphatic carbocycles. The first-order chi connectivity index (χ1) is 8.04. The van der Waals surface area contributed by atoms with Gasteiger partial charge in [-0.15, -0.1) is 0 Å². The highest BCUT2D eigenvalue weighted by atomic mass is 35.5. The van der Waals surface area contributed by atoms with Crippen molar-refractivity contribution in [2.45, 2.75) is 13.8 Å². The number of nitrogens with zero attached hydrogens (tertiary/aromatic N) is 2. The molecule has 0 aliphatic heterocycles. The number of carbonyl (C=O) groups excluding carboxylic acids is 1. The topological polar surface area (TPSA) is 69.6 Å². The van der Waals surface area contributed by atoms with Gasteiger partial charge in [-0.05, 0) is 25.5 Å². The number of nitrogens with two attached hydrogens (primary N) is 1. The maximum atomic E-state index is 11.6. The van der Waals surface area contributed by atoms with Gasteiger partial charge in [0.2, 0.25) is 0 Å². The van der Waals surface area contributed by atoms with Crippen molar-refractivity contribution in [3.63, 3.8) is 0 Å². The van der Waals surface area contributed by atoms with Crippen molar-refractivity contribution in [2.24, 2.45) is 0 Å². The highest BCUT2D eigenvalue weighted by Gasteiger charge is 2.19. The maximum Gasteiger partial charge on any atom is 0.360 e. The Hall–Kier alpha value is -1.75. The molecule has 90 valence electrons. The Bertz CT molecular complexity index is 592. The predicted molar refractivity (Wildman–Crippen MR) is 65.3 cm³/mol. The van der Waals surface area contributed by atoms with Crippen LogP contribution >= 0.6 is 11.6 Å². The Labute approximate surface area is 103 Å². The Morgan fingerprint density at radius 1 is 1.65 bits per heavy atom. The molecule has 0 atom stereocenters. The quantitative estimate of drug-likeness (QED) is 0.832. The fourth-order valence-electron chi connectivity index (χ4n) is 1.60. The van der Waals surface area contributed by atoms with Gasteiger partial charge in [-0.3, -0.25) is 4.40 Å². The molecule has 0 fully saturated rings. The van der Waals surface area contributed by atoms with Gasteiger partial charge in [-0.2, -0.15) is 0 Å². The van der Waals surface area contributed by atoms with Crippen LogP contribution in [0, 0.1) is 6.92 Å². The molecule has 0 saturated heterocycles. The van der Waals surface area contributed by atoms with E-state index in [1.54, 1.807) is 23.6 Å². The lowest BCUT2D eigenvalue weighted by atomic mass is 10.3. The summed E-state index contributed by atoms with van der Waals surface area (Å²) in [5.41, 5.74) is 7.33. The van der Waals surface area contributed by atoms with E-state index in [0.717, 1.165) is 5.56 Å². The number of nitrogen functional groups attached to an aromatic ring is 1. The second kappa shape index (κ2) is 4.25. The SMILES string of the molecule is CCOC(=O)c1nc2c(Cl)cc(C)cn2c1N. The van der Waals surface area contributed by atoms with Crippen molar-refractivity contribution in [1.82, 2.24) is 9.38 Å². The number of hydrogen-bond acceptors (Lipinski definition) is 4. The van der Waals surface area contributed by atoms with Crippen LogP contribution in [0.15, 0.2) is 12.3 Å². The average molecular weight is 254 g/mol. The van der Waals surface area contributed by atoms with Crippen LogP contribution in [0.4, 0.5) is 5.82 Å². The summed E-state index contributed by atoms with van der Waals surface area (Å²) in [4.78, 5) is 15.7. The summed E-state index contributed by atoms with van der Waals surface area (Å²) >= 11 is 6.04. The summed E-state index contributed by atoms with van der Waals surface area (Å²) in [6.07, 6.45) is 1.77. The number of esters is 1. The van der Waals surface area contributed by atoms with Gasteiger partial charge in [-0.1, -0.05) is 11.6 Å². The van der Waals surface area contributed by atoms with Crippen LogP contribution in [0.3, 0.4) is 0 Å². The normalized spacial score (nSPS) is 10.8. The third kappa shape index (κ3) is 1.93. The fraction of sp³-hybridized carbons (Fsp3) is 0.273. The average Bonchev–Trinajstić information content (AvgIpc) is 2.57. The van der Waals surface area contributed by atoms with E-state index in [9.17, 15) is 4.79 Å². The van der Waals surface area contributed by atoms with Gasteiger partial charge >= 0.3 is 5.97 Å². The standard InChI is InChI=1S/C11H12ClN3O2/c1-3-17-11(16)8-9(13)15-5-6(2)4-7(12)10(15)14-8/h4-5H,3,13H2,1-2H3. The first-order valence-electron chi connectivity index (χ1n) is 5.15. The van der Waals surface area contributed by atoms with Gasteiger partial charge in [-0.25, -0.2) is 9.78 Å². The number of halogens is 1. The van der Waals surface area contributed by atoms with Crippen molar-refractivity contribution in [3.8, 4) is 0 Å². The van der Waals surface area contributed by atoms with E-state index in [4.69, 9.17) is 22.1 Å². The number of aromatic nitrogens is 2. The second-order valence-corrected chi connectivity index (χ2v) is 4.03. The van der Waals surface area contributed by atoms with E-state index in [0.29, 0.717) is 10.7 Å². The monoisotopic (exact) mass is 253 g/mol. The number of rotatable bonds is 2. The zero-order valence-corrected chi connectivity index (χ0v) is 10.3. The maximum absolute atomic E-state index is 11.6. The lowest BCUT2D eigenvalue weighted by molar-refractivity contribution is 0.0521. The predicted octanol–water partition coefficient (Wildman–Crippen LogP) is 2.06. The lowest BCUT2D eigenvalue weighted by Crippen LogP contribution is -2.08. The van der Waals surface area contributed by atoms with Crippen LogP contribution in [0.1, 0.15) is 23.0 Å². The number of aryl methyl sites for hydroxylation is 1. The number of hydrogen-bond donors (Lipinski definition) is 1. The molecule has 0 spiro atoms. The molecule has 0 bridgehead atoms. The molecule has 0 aromatic carbocycles. The molecule has 2 aromatic rings. The minimum absolute atomic E-state index is 0.0966. The molecule has 2 rings (SSSR count). The summed E-state index contributed by atoms with van der Waals surface area (Å²) in [5, 5.41) is 0.451. The molecule has 5 nitrogen and oxygen atoms in total. The van der Waals surface area contributed by atoms with Crippen LogP contribution < -0.4 is 5.73 Å². The zero-order chi connectivity index (χ0) is 12.6. The summed E-state index contributed by atoms with van der Waals surface area (Å²) in [5.74, 6) is -0.300. The van der Waals surface area contributed by atoms with E-state index in [1.807, 2.05) is 6.92 Å². The van der Waals surface area contributed by atoms with Gasteiger partial charge in [0.15, 0.2) is 11.3 Å². The number of pyridine rings is 1. The highest BCUT2D eigenvalue weighted by molar-refractivity contribution is 6.33. The Balaban J connectivity index is 2.64. The minimum atomic E-state index is -0.539. The number of imidazole rings is 1. The zero-order valence-electron chi connectivity index (χ0n) is 9.53. The second-order valence-electron chi connectivity index (χ2n) is 3.63. The summed E-state index contributed by atoms with van der Waals surface area (Å²) in [7, 11) is 0. The number of ether oxygens (including phenoxy) is 1. The van der Waals surface area contributed by atoms with Gasteiger partial charge in [0, 0.05) is 6.20 Å². The smallest absolute Gasteiger partial charge is 0.360 e. The largest absolute Gasteiger partial charge is 0.461 e. The van der Waals surface area contributed by atoms with Crippen molar-refractivity contribution < 1.29 is 9.53 Å². The number of anilines is 1. The molecule has 2 N–H and O–H groups in total. The third-order valence-corrected chi connectivity index (χ3v) is 2.60. The highest BCUT2D eigenvalue weighted by Crippen LogP contribution is 2.23. The molecule has 2 aromatic heterocycles.